The first-order valence-electron chi connectivity index (χ1n) is 5.34. The van der Waals surface area contributed by atoms with Gasteiger partial charge in [0.2, 0.25) is 0 Å². The van der Waals surface area contributed by atoms with Gasteiger partial charge in [-0.25, -0.2) is 0 Å². The van der Waals surface area contributed by atoms with Gasteiger partial charge in [-0.15, -0.1) is 0 Å². The molecule has 1 aliphatic heterocycles. The molecule has 1 saturated heterocycles. The molecule has 0 aliphatic carbocycles. The number of hydrogen-bond donors (Lipinski definition) is 2. The maximum Gasteiger partial charge on any atom is 0.279 e. The first-order chi connectivity index (χ1) is 6.95. The summed E-state index contributed by atoms with van der Waals surface area (Å²) >= 11 is 0. The summed E-state index contributed by atoms with van der Waals surface area (Å²) in [7, 11) is -3.31. The normalized spacial score (nSPS) is 21.1. The summed E-state index contributed by atoms with van der Waals surface area (Å²) in [4.78, 5) is 0. The van der Waals surface area contributed by atoms with Crippen LogP contribution >= 0.6 is 0 Å². The van der Waals surface area contributed by atoms with Gasteiger partial charge in [0.05, 0.1) is 0 Å². The quantitative estimate of drug-likeness (QED) is 0.718. The van der Waals surface area contributed by atoms with Gasteiger partial charge in [0, 0.05) is 25.7 Å². The van der Waals surface area contributed by atoms with Crippen LogP contribution in [-0.4, -0.2) is 43.6 Å². The van der Waals surface area contributed by atoms with Crippen molar-refractivity contribution < 1.29 is 13.5 Å². The maximum absolute atomic E-state index is 11.7. The van der Waals surface area contributed by atoms with E-state index in [-0.39, 0.29) is 18.6 Å². The zero-order valence-corrected chi connectivity index (χ0v) is 10.1. The van der Waals surface area contributed by atoms with Crippen molar-refractivity contribution in [2.45, 2.75) is 32.7 Å². The SMILES string of the molecule is CC(C)NS(=O)(=O)N1CCC(CO)CC1. The Balaban J connectivity index is 2.52. The van der Waals surface area contributed by atoms with Gasteiger partial charge in [-0.3, -0.25) is 0 Å². The molecular weight excluding hydrogens is 216 g/mol. The molecule has 0 unspecified atom stereocenters. The summed E-state index contributed by atoms with van der Waals surface area (Å²) in [6.45, 7) is 4.78. The first kappa shape index (κ1) is 12.9. The van der Waals surface area contributed by atoms with Crippen molar-refractivity contribution >= 4 is 10.2 Å². The molecule has 6 heteroatoms. The Morgan fingerprint density at radius 3 is 2.33 bits per heavy atom. The maximum atomic E-state index is 11.7. The van der Waals surface area contributed by atoms with Gasteiger partial charge >= 0.3 is 0 Å². The van der Waals surface area contributed by atoms with Crippen LogP contribution in [0.1, 0.15) is 26.7 Å². The monoisotopic (exact) mass is 236 g/mol. The fourth-order valence-corrected chi connectivity index (χ4v) is 3.14. The van der Waals surface area contributed by atoms with E-state index in [1.165, 1.54) is 4.31 Å². The molecule has 5 nitrogen and oxygen atoms in total. The largest absolute Gasteiger partial charge is 0.396 e. The summed E-state index contributed by atoms with van der Waals surface area (Å²) in [5, 5.41) is 8.94. The second-order valence-corrected chi connectivity index (χ2v) is 6.00. The summed E-state index contributed by atoms with van der Waals surface area (Å²) in [5.41, 5.74) is 0. The van der Waals surface area contributed by atoms with Crippen LogP contribution in [0.3, 0.4) is 0 Å². The molecule has 0 aromatic heterocycles. The zero-order chi connectivity index (χ0) is 11.5. The molecule has 0 aromatic rings. The number of nitrogens with one attached hydrogen (secondary N) is 1. The smallest absolute Gasteiger partial charge is 0.279 e. The van der Waals surface area contributed by atoms with Crippen LogP contribution in [0.15, 0.2) is 0 Å². The Hall–Kier alpha value is -0.170. The summed E-state index contributed by atoms with van der Waals surface area (Å²) in [6, 6.07) is -0.0782. The molecule has 0 radical (unpaired) electrons. The van der Waals surface area contributed by atoms with Gasteiger partial charge in [-0.1, -0.05) is 0 Å². The lowest BCUT2D eigenvalue weighted by atomic mass is 10.00. The van der Waals surface area contributed by atoms with E-state index in [1.54, 1.807) is 13.8 Å². The molecule has 0 amide bonds. The second kappa shape index (κ2) is 5.25. The molecule has 1 rings (SSSR count). The van der Waals surface area contributed by atoms with Crippen LogP contribution < -0.4 is 4.72 Å². The molecule has 0 atom stereocenters. The molecule has 0 bridgehead atoms. The average molecular weight is 236 g/mol. The molecule has 0 saturated carbocycles. The standard InChI is InChI=1S/C9H20N2O3S/c1-8(2)10-15(13,14)11-5-3-9(7-12)4-6-11/h8-10,12H,3-7H2,1-2H3. The summed E-state index contributed by atoms with van der Waals surface area (Å²) in [5.74, 6) is 0.260. The third kappa shape index (κ3) is 3.71. The lowest BCUT2D eigenvalue weighted by Crippen LogP contribution is -2.47. The van der Waals surface area contributed by atoms with Crippen molar-refractivity contribution in [1.82, 2.24) is 9.03 Å². The van der Waals surface area contributed by atoms with E-state index in [0.29, 0.717) is 13.1 Å². The Morgan fingerprint density at radius 1 is 1.40 bits per heavy atom. The number of aliphatic hydroxyl groups is 1. The number of nitrogens with zero attached hydrogens (tertiary/aromatic N) is 1. The lowest BCUT2D eigenvalue weighted by molar-refractivity contribution is 0.169. The lowest BCUT2D eigenvalue weighted by Gasteiger charge is -2.30. The van der Waals surface area contributed by atoms with Crippen molar-refractivity contribution in [2.75, 3.05) is 19.7 Å². The van der Waals surface area contributed by atoms with E-state index < -0.39 is 10.2 Å². The molecule has 0 spiro atoms. The highest BCUT2D eigenvalue weighted by Gasteiger charge is 2.27. The molecule has 2 N–H and O–H groups in total. The van der Waals surface area contributed by atoms with Gasteiger partial charge in [-0.05, 0) is 32.6 Å². The second-order valence-electron chi connectivity index (χ2n) is 4.30. The van der Waals surface area contributed by atoms with Crippen LogP contribution in [0.2, 0.25) is 0 Å². The minimum Gasteiger partial charge on any atom is -0.396 e. The number of rotatable bonds is 4. The van der Waals surface area contributed by atoms with Crippen molar-refractivity contribution in [3.63, 3.8) is 0 Å². The predicted octanol–water partition coefficient (Wildman–Crippen LogP) is -0.0665. The molecule has 1 aliphatic rings. The van der Waals surface area contributed by atoms with Gasteiger partial charge in [0.25, 0.3) is 10.2 Å². The summed E-state index contributed by atoms with van der Waals surface area (Å²) < 4.78 is 27.5. The van der Waals surface area contributed by atoms with E-state index in [4.69, 9.17) is 5.11 Å². The molecule has 15 heavy (non-hydrogen) atoms. The first-order valence-corrected chi connectivity index (χ1v) is 6.78. The van der Waals surface area contributed by atoms with Crippen LogP contribution in [0, 0.1) is 5.92 Å². The Morgan fingerprint density at radius 2 is 1.93 bits per heavy atom. The van der Waals surface area contributed by atoms with Crippen molar-refractivity contribution in [2.24, 2.45) is 5.92 Å². The third-order valence-corrected chi connectivity index (χ3v) is 4.37. The highest BCUT2D eigenvalue weighted by molar-refractivity contribution is 7.87. The highest BCUT2D eigenvalue weighted by atomic mass is 32.2. The van der Waals surface area contributed by atoms with Gasteiger partial charge in [-0.2, -0.15) is 17.4 Å². The van der Waals surface area contributed by atoms with Gasteiger partial charge in [0.1, 0.15) is 0 Å². The predicted molar refractivity (Wildman–Crippen MR) is 58.6 cm³/mol. The Labute approximate surface area is 91.7 Å². The minimum atomic E-state index is -3.31. The third-order valence-electron chi connectivity index (χ3n) is 2.56. The average Bonchev–Trinajstić information content (AvgIpc) is 2.16. The number of piperidine rings is 1. The number of hydrogen-bond acceptors (Lipinski definition) is 3. The van der Waals surface area contributed by atoms with E-state index >= 15 is 0 Å². The zero-order valence-electron chi connectivity index (χ0n) is 9.31. The fourth-order valence-electron chi connectivity index (χ4n) is 1.70. The van der Waals surface area contributed by atoms with Crippen LogP contribution in [0.5, 0.6) is 0 Å². The molecule has 0 aromatic carbocycles. The minimum absolute atomic E-state index is 0.0782. The van der Waals surface area contributed by atoms with E-state index in [9.17, 15) is 8.42 Å². The van der Waals surface area contributed by atoms with Crippen molar-refractivity contribution in [1.29, 1.82) is 0 Å². The molecular formula is C9H20N2O3S. The van der Waals surface area contributed by atoms with Crippen LogP contribution in [0.25, 0.3) is 0 Å². The van der Waals surface area contributed by atoms with Crippen molar-refractivity contribution in [3.8, 4) is 0 Å². The highest BCUT2D eigenvalue weighted by Crippen LogP contribution is 2.18. The van der Waals surface area contributed by atoms with E-state index in [2.05, 4.69) is 4.72 Å². The molecule has 1 heterocycles. The van der Waals surface area contributed by atoms with E-state index in [0.717, 1.165) is 12.8 Å². The Kier molecular flexibility index (Phi) is 4.51. The number of aliphatic hydroxyl groups excluding tert-OH is 1. The Bertz CT molecular complexity index is 282. The van der Waals surface area contributed by atoms with Crippen LogP contribution in [-0.2, 0) is 10.2 Å². The summed E-state index contributed by atoms with van der Waals surface area (Å²) in [6.07, 6.45) is 1.49. The van der Waals surface area contributed by atoms with Gasteiger partial charge in [0.15, 0.2) is 0 Å². The van der Waals surface area contributed by atoms with Crippen molar-refractivity contribution in [3.05, 3.63) is 0 Å². The van der Waals surface area contributed by atoms with E-state index in [1.807, 2.05) is 0 Å². The topological polar surface area (TPSA) is 69.6 Å². The molecule has 90 valence electrons. The van der Waals surface area contributed by atoms with Gasteiger partial charge < -0.3 is 5.11 Å². The molecule has 1 fully saturated rings. The fraction of sp³-hybridized carbons (Fsp3) is 1.00. The van der Waals surface area contributed by atoms with Crippen LogP contribution in [0.4, 0.5) is 0 Å².